The van der Waals surface area contributed by atoms with Gasteiger partial charge in [-0.2, -0.15) is 5.10 Å². The number of aliphatic hydroxyl groups excluding tert-OH is 1. The largest absolute Gasteiger partial charge is 0.396 e. The van der Waals surface area contributed by atoms with Crippen molar-refractivity contribution in [2.75, 3.05) is 6.61 Å². The summed E-state index contributed by atoms with van der Waals surface area (Å²) in [6.45, 7) is 9.43. The highest BCUT2D eigenvalue weighted by Crippen LogP contribution is 2.09. The van der Waals surface area contributed by atoms with Crippen molar-refractivity contribution in [2.45, 2.75) is 52.7 Å². The van der Waals surface area contributed by atoms with E-state index in [2.05, 4.69) is 37.3 Å². The van der Waals surface area contributed by atoms with Gasteiger partial charge in [0.25, 0.3) is 0 Å². The van der Waals surface area contributed by atoms with Crippen LogP contribution >= 0.6 is 0 Å². The monoisotopic (exact) mass is 239 g/mol. The van der Waals surface area contributed by atoms with Gasteiger partial charge in [-0.1, -0.05) is 13.8 Å². The van der Waals surface area contributed by atoms with Crippen molar-refractivity contribution >= 4 is 0 Å². The molecule has 3 atom stereocenters. The second kappa shape index (κ2) is 6.77. The molecule has 0 fully saturated rings. The smallest absolute Gasteiger partial charge is 0.0762 e. The molecule has 98 valence electrons. The van der Waals surface area contributed by atoms with Crippen molar-refractivity contribution in [2.24, 2.45) is 5.92 Å². The van der Waals surface area contributed by atoms with Gasteiger partial charge in [-0.05, 0) is 32.3 Å². The average molecular weight is 239 g/mol. The molecule has 2 N–H and O–H groups in total. The third-order valence-electron chi connectivity index (χ3n) is 3.45. The maximum atomic E-state index is 9.05. The van der Waals surface area contributed by atoms with Crippen LogP contribution < -0.4 is 5.32 Å². The van der Waals surface area contributed by atoms with Crippen LogP contribution in [0.25, 0.3) is 0 Å². The third-order valence-corrected chi connectivity index (χ3v) is 3.45. The van der Waals surface area contributed by atoms with Gasteiger partial charge in [0, 0.05) is 31.4 Å². The van der Waals surface area contributed by atoms with E-state index in [1.165, 1.54) is 0 Å². The first-order valence-corrected chi connectivity index (χ1v) is 6.46. The number of hydrogen-bond acceptors (Lipinski definition) is 3. The molecule has 0 aliphatic carbocycles. The fourth-order valence-electron chi connectivity index (χ4n) is 1.53. The molecule has 1 heterocycles. The van der Waals surface area contributed by atoms with E-state index in [1.807, 2.05) is 17.8 Å². The molecule has 0 saturated carbocycles. The molecular weight excluding hydrogens is 214 g/mol. The molecule has 1 aromatic rings. The van der Waals surface area contributed by atoms with Crippen LogP contribution in [0.2, 0.25) is 0 Å². The lowest BCUT2D eigenvalue weighted by Gasteiger charge is -2.18. The quantitative estimate of drug-likeness (QED) is 0.764. The Labute approximate surface area is 104 Å². The van der Waals surface area contributed by atoms with Gasteiger partial charge in [0.05, 0.1) is 5.69 Å². The molecule has 17 heavy (non-hydrogen) atoms. The van der Waals surface area contributed by atoms with Crippen molar-refractivity contribution in [1.29, 1.82) is 0 Å². The topological polar surface area (TPSA) is 50.1 Å². The van der Waals surface area contributed by atoms with Crippen LogP contribution in [0.1, 0.15) is 45.9 Å². The molecule has 0 spiro atoms. The molecule has 0 saturated heterocycles. The van der Waals surface area contributed by atoms with Crippen molar-refractivity contribution < 1.29 is 5.11 Å². The highest BCUT2D eigenvalue weighted by atomic mass is 16.3. The van der Waals surface area contributed by atoms with Crippen LogP contribution in [-0.2, 0) is 6.54 Å². The lowest BCUT2D eigenvalue weighted by Crippen LogP contribution is -2.33. The standard InChI is InChI=1S/C13H25N3O/c1-5-11(3)16-7-6-13(15-16)8-14-12(4)10(2)9-17/h6-7,10-12,14,17H,5,8-9H2,1-4H3. The molecule has 0 aromatic carbocycles. The van der Waals surface area contributed by atoms with E-state index in [0.717, 1.165) is 18.7 Å². The number of aliphatic hydroxyl groups is 1. The Morgan fingerprint density at radius 2 is 2.12 bits per heavy atom. The van der Waals surface area contributed by atoms with Crippen molar-refractivity contribution in [1.82, 2.24) is 15.1 Å². The molecule has 0 aliphatic heterocycles. The second-order valence-electron chi connectivity index (χ2n) is 4.87. The molecule has 4 nitrogen and oxygen atoms in total. The summed E-state index contributed by atoms with van der Waals surface area (Å²) in [6, 6.07) is 2.81. The Balaban J connectivity index is 2.44. The normalized spacial score (nSPS) is 16.8. The minimum Gasteiger partial charge on any atom is -0.396 e. The Bertz CT molecular complexity index is 324. The number of hydrogen-bond donors (Lipinski definition) is 2. The molecule has 1 rings (SSSR count). The lowest BCUT2D eigenvalue weighted by atomic mass is 10.1. The fourth-order valence-corrected chi connectivity index (χ4v) is 1.53. The highest BCUT2D eigenvalue weighted by molar-refractivity contribution is 4.99. The Morgan fingerprint density at radius 3 is 2.71 bits per heavy atom. The van der Waals surface area contributed by atoms with E-state index in [9.17, 15) is 0 Å². The molecule has 0 aliphatic rings. The van der Waals surface area contributed by atoms with Gasteiger partial charge in [-0.15, -0.1) is 0 Å². The van der Waals surface area contributed by atoms with Crippen LogP contribution in [-0.4, -0.2) is 27.5 Å². The van der Waals surface area contributed by atoms with Gasteiger partial charge in [-0.25, -0.2) is 0 Å². The van der Waals surface area contributed by atoms with Crippen molar-refractivity contribution in [3.05, 3.63) is 18.0 Å². The summed E-state index contributed by atoms with van der Waals surface area (Å²) in [7, 11) is 0. The predicted octanol–water partition coefficient (Wildman–Crippen LogP) is 1.96. The van der Waals surface area contributed by atoms with Crippen LogP contribution in [0.3, 0.4) is 0 Å². The second-order valence-corrected chi connectivity index (χ2v) is 4.87. The van der Waals surface area contributed by atoms with Gasteiger partial charge in [0.2, 0.25) is 0 Å². The number of aromatic nitrogens is 2. The fraction of sp³-hybridized carbons (Fsp3) is 0.769. The molecular formula is C13H25N3O. The van der Waals surface area contributed by atoms with Gasteiger partial charge in [0.15, 0.2) is 0 Å². The van der Waals surface area contributed by atoms with Crippen LogP contribution in [0.4, 0.5) is 0 Å². The van der Waals surface area contributed by atoms with Crippen molar-refractivity contribution in [3.63, 3.8) is 0 Å². The minimum absolute atomic E-state index is 0.218. The van der Waals surface area contributed by atoms with Gasteiger partial charge >= 0.3 is 0 Å². The van der Waals surface area contributed by atoms with Gasteiger partial charge < -0.3 is 10.4 Å². The summed E-state index contributed by atoms with van der Waals surface area (Å²) < 4.78 is 2.01. The van der Waals surface area contributed by atoms with Crippen molar-refractivity contribution in [3.8, 4) is 0 Å². The van der Waals surface area contributed by atoms with E-state index >= 15 is 0 Å². The molecule has 1 aromatic heterocycles. The van der Waals surface area contributed by atoms with Crippen LogP contribution in [0.5, 0.6) is 0 Å². The Kier molecular flexibility index (Phi) is 5.65. The average Bonchev–Trinajstić information content (AvgIpc) is 2.82. The zero-order valence-corrected chi connectivity index (χ0v) is 11.3. The summed E-state index contributed by atoms with van der Waals surface area (Å²) in [5.41, 5.74) is 1.06. The zero-order valence-electron chi connectivity index (χ0n) is 11.3. The molecule has 0 radical (unpaired) electrons. The van der Waals surface area contributed by atoms with E-state index in [0.29, 0.717) is 12.1 Å². The summed E-state index contributed by atoms with van der Waals surface area (Å²) in [4.78, 5) is 0. The zero-order chi connectivity index (χ0) is 12.8. The SMILES string of the molecule is CCC(C)n1ccc(CNC(C)C(C)CO)n1. The van der Waals surface area contributed by atoms with Gasteiger partial charge in [0.1, 0.15) is 0 Å². The first-order valence-electron chi connectivity index (χ1n) is 6.46. The van der Waals surface area contributed by atoms with Crippen LogP contribution in [0.15, 0.2) is 12.3 Å². The Morgan fingerprint density at radius 1 is 1.41 bits per heavy atom. The summed E-state index contributed by atoms with van der Waals surface area (Å²) >= 11 is 0. The van der Waals surface area contributed by atoms with Crippen LogP contribution in [0, 0.1) is 5.92 Å². The summed E-state index contributed by atoms with van der Waals surface area (Å²) in [6.07, 6.45) is 3.12. The number of nitrogens with zero attached hydrogens (tertiary/aromatic N) is 2. The molecule has 0 bridgehead atoms. The van der Waals surface area contributed by atoms with E-state index in [1.54, 1.807) is 0 Å². The molecule has 3 unspecified atom stereocenters. The maximum absolute atomic E-state index is 9.05. The van der Waals surface area contributed by atoms with E-state index in [-0.39, 0.29) is 12.5 Å². The summed E-state index contributed by atoms with van der Waals surface area (Å²) in [5.74, 6) is 0.270. The number of nitrogens with one attached hydrogen (secondary N) is 1. The van der Waals surface area contributed by atoms with E-state index < -0.39 is 0 Å². The third kappa shape index (κ3) is 4.13. The maximum Gasteiger partial charge on any atom is 0.0762 e. The van der Waals surface area contributed by atoms with Gasteiger partial charge in [-0.3, -0.25) is 4.68 Å². The van der Waals surface area contributed by atoms with E-state index in [4.69, 9.17) is 5.11 Å². The molecule has 0 amide bonds. The summed E-state index contributed by atoms with van der Waals surface area (Å²) in [5, 5.41) is 17.0. The number of rotatable bonds is 7. The lowest BCUT2D eigenvalue weighted by molar-refractivity contribution is 0.206. The predicted molar refractivity (Wildman–Crippen MR) is 69.8 cm³/mol. The highest BCUT2D eigenvalue weighted by Gasteiger charge is 2.11. The minimum atomic E-state index is 0.218. The Hall–Kier alpha value is -0.870. The first kappa shape index (κ1) is 14.2. The molecule has 4 heteroatoms. The first-order chi connectivity index (χ1) is 8.08.